The molecule has 0 bridgehead atoms. The normalized spacial score (nSPS) is 10.3. The van der Waals surface area contributed by atoms with E-state index < -0.39 is 5.97 Å². The van der Waals surface area contributed by atoms with Crippen molar-refractivity contribution in [1.29, 1.82) is 0 Å². The van der Waals surface area contributed by atoms with Crippen LogP contribution >= 0.6 is 0 Å². The van der Waals surface area contributed by atoms with Gasteiger partial charge in [-0.05, 0) is 17.7 Å². The van der Waals surface area contributed by atoms with Crippen molar-refractivity contribution >= 4 is 11.9 Å². The van der Waals surface area contributed by atoms with Crippen LogP contribution in [0.15, 0.2) is 24.3 Å². The van der Waals surface area contributed by atoms with Crippen LogP contribution in [0, 0.1) is 5.82 Å². The number of rotatable bonds is 8. The van der Waals surface area contributed by atoms with Crippen LogP contribution in [0.1, 0.15) is 12.0 Å². The van der Waals surface area contributed by atoms with Crippen molar-refractivity contribution in [2.45, 2.75) is 12.8 Å². The maximum Gasteiger partial charge on any atom is 0.305 e. The number of aliphatic carboxylic acids is 1. The van der Waals surface area contributed by atoms with Gasteiger partial charge >= 0.3 is 5.97 Å². The molecular weight excluding hydrogens is 265 g/mol. The third-order valence-electron chi connectivity index (χ3n) is 2.78. The molecule has 1 rings (SSSR count). The second-order valence-electron chi connectivity index (χ2n) is 4.32. The summed E-state index contributed by atoms with van der Waals surface area (Å²) in [5, 5.41) is 8.68. The lowest BCUT2D eigenvalue weighted by atomic mass is 10.1. The summed E-state index contributed by atoms with van der Waals surface area (Å²) in [6, 6.07) is 5.66. The molecule has 110 valence electrons. The van der Waals surface area contributed by atoms with Crippen molar-refractivity contribution in [3.63, 3.8) is 0 Å². The molecule has 0 saturated carbocycles. The Bertz CT molecular complexity index is 447. The maximum absolute atomic E-state index is 12.8. The molecule has 0 aliphatic carbocycles. The molecule has 0 saturated heterocycles. The van der Waals surface area contributed by atoms with Gasteiger partial charge in [0, 0.05) is 20.2 Å². The molecule has 20 heavy (non-hydrogen) atoms. The molecular formula is C14H18FNO4. The van der Waals surface area contributed by atoms with E-state index in [4.69, 9.17) is 9.84 Å². The van der Waals surface area contributed by atoms with Crippen LogP contribution in [0.3, 0.4) is 0 Å². The van der Waals surface area contributed by atoms with E-state index in [2.05, 4.69) is 0 Å². The van der Waals surface area contributed by atoms with Gasteiger partial charge in [-0.2, -0.15) is 0 Å². The first-order chi connectivity index (χ1) is 9.52. The first-order valence-electron chi connectivity index (χ1n) is 6.26. The summed E-state index contributed by atoms with van der Waals surface area (Å²) in [6.45, 7) is 0.817. The van der Waals surface area contributed by atoms with Crippen LogP contribution in [0.25, 0.3) is 0 Å². The first kappa shape index (κ1) is 16.1. The van der Waals surface area contributed by atoms with Crippen molar-refractivity contribution in [3.05, 3.63) is 35.6 Å². The van der Waals surface area contributed by atoms with Gasteiger partial charge in [-0.15, -0.1) is 0 Å². The lowest BCUT2D eigenvalue weighted by Gasteiger charge is -2.21. The van der Waals surface area contributed by atoms with E-state index in [1.54, 1.807) is 12.1 Å². The summed E-state index contributed by atoms with van der Waals surface area (Å²) >= 11 is 0. The zero-order valence-corrected chi connectivity index (χ0v) is 11.3. The fraction of sp³-hybridized carbons (Fsp3) is 0.429. The minimum absolute atomic E-state index is 0.112. The molecule has 1 N–H and O–H groups in total. The number of ether oxygens (including phenoxy) is 1. The minimum atomic E-state index is -0.956. The van der Waals surface area contributed by atoms with Gasteiger partial charge in [0.2, 0.25) is 5.91 Å². The largest absolute Gasteiger partial charge is 0.481 e. The molecule has 0 heterocycles. The van der Waals surface area contributed by atoms with Crippen molar-refractivity contribution in [3.8, 4) is 0 Å². The minimum Gasteiger partial charge on any atom is -0.481 e. The predicted octanol–water partition coefficient (Wildman–Crippen LogP) is 1.32. The smallest absolute Gasteiger partial charge is 0.305 e. The Balaban J connectivity index is 2.61. The monoisotopic (exact) mass is 283 g/mol. The summed E-state index contributed by atoms with van der Waals surface area (Å²) in [5.41, 5.74) is 0.689. The van der Waals surface area contributed by atoms with E-state index in [0.717, 1.165) is 0 Å². The molecule has 1 aromatic carbocycles. The highest BCUT2D eigenvalue weighted by molar-refractivity contribution is 5.79. The van der Waals surface area contributed by atoms with Crippen molar-refractivity contribution < 1.29 is 23.8 Å². The van der Waals surface area contributed by atoms with Crippen molar-refractivity contribution in [1.82, 2.24) is 4.90 Å². The molecule has 0 spiro atoms. The van der Waals surface area contributed by atoms with Gasteiger partial charge < -0.3 is 14.7 Å². The number of hydrogen-bond acceptors (Lipinski definition) is 3. The van der Waals surface area contributed by atoms with E-state index in [1.807, 2.05) is 0 Å². The number of carbonyl (C=O) groups excluding carboxylic acids is 1. The molecule has 0 fully saturated rings. The molecule has 0 unspecified atom stereocenters. The molecule has 6 heteroatoms. The highest BCUT2D eigenvalue weighted by Gasteiger charge is 2.15. The van der Waals surface area contributed by atoms with Crippen LogP contribution in [0.5, 0.6) is 0 Å². The van der Waals surface area contributed by atoms with E-state index in [0.29, 0.717) is 18.7 Å². The number of carboxylic acid groups (broad SMARTS) is 1. The molecule has 5 nitrogen and oxygen atoms in total. The van der Waals surface area contributed by atoms with E-state index in [9.17, 15) is 14.0 Å². The van der Waals surface area contributed by atoms with E-state index in [1.165, 1.54) is 24.1 Å². The second kappa shape index (κ2) is 8.27. The number of hydrogen-bond donors (Lipinski definition) is 1. The second-order valence-corrected chi connectivity index (χ2v) is 4.32. The molecule has 1 aromatic rings. The average molecular weight is 283 g/mol. The van der Waals surface area contributed by atoms with Crippen LogP contribution in [-0.2, 0) is 20.7 Å². The number of halogens is 1. The summed E-state index contributed by atoms with van der Waals surface area (Å²) in [6.07, 6.45) is 0.00247. The van der Waals surface area contributed by atoms with Gasteiger partial charge in [-0.3, -0.25) is 9.59 Å². The number of nitrogens with zero attached hydrogens (tertiary/aromatic N) is 1. The lowest BCUT2D eigenvalue weighted by Crippen LogP contribution is -2.36. The summed E-state index contributed by atoms with van der Waals surface area (Å²) in [7, 11) is 1.51. The molecule has 0 aliphatic heterocycles. The molecule has 1 amide bonds. The number of benzene rings is 1. The quantitative estimate of drug-likeness (QED) is 0.781. The molecule has 0 radical (unpaired) electrons. The van der Waals surface area contributed by atoms with Crippen LogP contribution < -0.4 is 0 Å². The Morgan fingerprint density at radius 1 is 1.25 bits per heavy atom. The van der Waals surface area contributed by atoms with Crippen molar-refractivity contribution in [2.24, 2.45) is 0 Å². The van der Waals surface area contributed by atoms with Gasteiger partial charge in [0.15, 0.2) is 0 Å². The first-order valence-corrected chi connectivity index (χ1v) is 6.26. The Hall–Kier alpha value is -1.95. The maximum atomic E-state index is 12.8. The number of methoxy groups -OCH3 is 1. The van der Waals surface area contributed by atoms with Gasteiger partial charge in [-0.25, -0.2) is 4.39 Å². The fourth-order valence-corrected chi connectivity index (χ4v) is 1.68. The Morgan fingerprint density at radius 2 is 1.90 bits per heavy atom. The van der Waals surface area contributed by atoms with Gasteiger partial charge in [-0.1, -0.05) is 12.1 Å². The number of amides is 1. The van der Waals surface area contributed by atoms with E-state index in [-0.39, 0.29) is 31.1 Å². The molecule has 0 atom stereocenters. The van der Waals surface area contributed by atoms with Crippen LogP contribution in [0.4, 0.5) is 4.39 Å². The standard InChI is InChI=1S/C14H18FNO4/c1-20-9-8-16(7-6-14(18)19)13(17)10-11-2-4-12(15)5-3-11/h2-5H,6-10H2,1H3,(H,18,19). The van der Waals surface area contributed by atoms with Crippen LogP contribution in [0.2, 0.25) is 0 Å². The van der Waals surface area contributed by atoms with Gasteiger partial charge in [0.05, 0.1) is 19.4 Å². The molecule has 0 aliphatic rings. The summed E-state index contributed by atoms with van der Waals surface area (Å²) in [5.74, 6) is -1.51. The topological polar surface area (TPSA) is 66.8 Å². The molecule has 0 aromatic heterocycles. The SMILES string of the molecule is COCCN(CCC(=O)O)C(=O)Cc1ccc(F)cc1. The van der Waals surface area contributed by atoms with Gasteiger partial charge in [0.1, 0.15) is 5.82 Å². The fourth-order valence-electron chi connectivity index (χ4n) is 1.68. The van der Waals surface area contributed by atoms with Crippen molar-refractivity contribution in [2.75, 3.05) is 26.8 Å². The Labute approximate surface area is 117 Å². The highest BCUT2D eigenvalue weighted by Crippen LogP contribution is 2.06. The van der Waals surface area contributed by atoms with Crippen LogP contribution in [-0.4, -0.2) is 48.7 Å². The predicted molar refractivity (Wildman–Crippen MR) is 70.8 cm³/mol. The number of carboxylic acids is 1. The average Bonchev–Trinajstić information content (AvgIpc) is 2.41. The van der Waals surface area contributed by atoms with E-state index >= 15 is 0 Å². The third-order valence-corrected chi connectivity index (χ3v) is 2.78. The summed E-state index contributed by atoms with van der Waals surface area (Å²) in [4.78, 5) is 24.1. The Kier molecular flexibility index (Phi) is 6.66. The zero-order chi connectivity index (χ0) is 15.0. The third kappa shape index (κ3) is 5.79. The summed E-state index contributed by atoms with van der Waals surface area (Å²) < 4.78 is 17.7. The highest BCUT2D eigenvalue weighted by atomic mass is 19.1. The van der Waals surface area contributed by atoms with Gasteiger partial charge in [0.25, 0.3) is 0 Å². The Morgan fingerprint density at radius 3 is 2.45 bits per heavy atom. The lowest BCUT2D eigenvalue weighted by molar-refractivity contribution is -0.138. The number of carbonyl (C=O) groups is 2. The zero-order valence-electron chi connectivity index (χ0n) is 11.3.